The van der Waals surface area contributed by atoms with Gasteiger partial charge in [-0.25, -0.2) is 9.13 Å². The lowest BCUT2D eigenvalue weighted by molar-refractivity contribution is -0.161. The van der Waals surface area contributed by atoms with Gasteiger partial charge in [-0.3, -0.25) is 37.3 Å². The summed E-state index contributed by atoms with van der Waals surface area (Å²) < 4.78 is 68.5. The molecule has 96 heavy (non-hydrogen) atoms. The lowest BCUT2D eigenvalue weighted by Gasteiger charge is -2.21. The van der Waals surface area contributed by atoms with E-state index in [0.29, 0.717) is 25.7 Å². The third-order valence-corrected chi connectivity index (χ3v) is 19.9. The molecule has 0 spiro atoms. The zero-order valence-corrected chi connectivity index (χ0v) is 64.3. The molecule has 0 aromatic rings. The highest BCUT2D eigenvalue weighted by Crippen LogP contribution is 2.45. The predicted octanol–water partition coefficient (Wildman–Crippen LogP) is 22.9. The van der Waals surface area contributed by atoms with Gasteiger partial charge < -0.3 is 33.8 Å². The number of carbonyl (C=O) groups excluding carboxylic acids is 4. The summed E-state index contributed by atoms with van der Waals surface area (Å²) in [6.45, 7) is 7.30. The SMILES string of the molecule is CCCCCCCCCCCCCCCCCCCCCCC(=O)O[C@H](COC(=O)CCCCCCCCCCCCCCCC(C)C)COP(=O)(O)OC[C@@H](O)COP(=O)(O)OC[C@@H](COC(=O)CCCCCCCCCCCC)OC(=O)CCCCCCCCCCCC. The molecule has 5 atom stereocenters. The van der Waals surface area contributed by atoms with E-state index in [2.05, 4.69) is 34.6 Å². The smallest absolute Gasteiger partial charge is 0.462 e. The average molecular weight is 1410 g/mol. The van der Waals surface area contributed by atoms with Crippen molar-refractivity contribution in [1.82, 2.24) is 0 Å². The summed E-state index contributed by atoms with van der Waals surface area (Å²) in [7, 11) is -9.91. The first kappa shape index (κ1) is 94.1. The Bertz CT molecular complexity index is 1840. The first-order chi connectivity index (χ1) is 46.5. The van der Waals surface area contributed by atoms with Crippen molar-refractivity contribution < 1.29 is 80.2 Å². The van der Waals surface area contributed by atoms with Crippen LogP contribution in [0.4, 0.5) is 0 Å². The van der Waals surface area contributed by atoms with Crippen LogP contribution >= 0.6 is 15.6 Å². The Balaban J connectivity index is 5.20. The number of ether oxygens (including phenoxy) is 4. The van der Waals surface area contributed by atoms with E-state index in [1.807, 2.05) is 0 Å². The summed E-state index contributed by atoms with van der Waals surface area (Å²) in [5.41, 5.74) is 0. The van der Waals surface area contributed by atoms with Gasteiger partial charge in [0.2, 0.25) is 0 Å². The van der Waals surface area contributed by atoms with Crippen LogP contribution < -0.4 is 0 Å². The van der Waals surface area contributed by atoms with E-state index in [4.69, 9.17) is 37.0 Å². The standard InChI is InChI=1S/C77H150O17P2/c1-6-9-12-15-18-21-24-25-26-27-28-29-30-31-34-38-43-48-53-58-63-77(82)94-73(67-88-75(80)61-56-51-46-42-37-35-32-33-36-39-44-49-54-59-70(4)5)69-92-96(85,86)90-65-71(78)64-89-95(83,84)91-68-72(93-76(81)62-57-52-47-41-23-20-17-14-11-8-3)66-87-74(79)60-55-50-45-40-22-19-16-13-10-7-2/h70-73,78H,6-69H2,1-5H3,(H,83,84)(H,85,86)/t71-,72+,73+/m0/s1. The van der Waals surface area contributed by atoms with Crippen LogP contribution in [0.2, 0.25) is 0 Å². The fourth-order valence-electron chi connectivity index (χ4n) is 11.9. The van der Waals surface area contributed by atoms with Crippen molar-refractivity contribution in [1.29, 1.82) is 0 Å². The van der Waals surface area contributed by atoms with Crippen molar-refractivity contribution >= 4 is 39.5 Å². The number of phosphoric ester groups is 2. The number of hydrogen-bond donors (Lipinski definition) is 3. The molecule has 0 radical (unpaired) electrons. The van der Waals surface area contributed by atoms with Crippen LogP contribution in [0, 0.1) is 5.92 Å². The molecule has 0 amide bonds. The fraction of sp³-hybridized carbons (Fsp3) is 0.948. The van der Waals surface area contributed by atoms with Crippen molar-refractivity contribution in [2.75, 3.05) is 39.6 Å². The molecule has 0 rings (SSSR count). The maximum absolute atomic E-state index is 13.1. The van der Waals surface area contributed by atoms with Gasteiger partial charge in [0.05, 0.1) is 26.4 Å². The summed E-state index contributed by atoms with van der Waals surface area (Å²) in [6.07, 6.45) is 59.7. The largest absolute Gasteiger partial charge is 0.472 e. The Kier molecular flexibility index (Phi) is 68.7. The highest BCUT2D eigenvalue weighted by atomic mass is 31.2. The number of aliphatic hydroxyl groups excluding tert-OH is 1. The topological polar surface area (TPSA) is 237 Å². The van der Waals surface area contributed by atoms with Gasteiger partial charge >= 0.3 is 39.5 Å². The summed E-state index contributed by atoms with van der Waals surface area (Å²) in [6, 6.07) is 0. The molecule has 0 saturated carbocycles. The monoisotopic (exact) mass is 1410 g/mol. The Morgan fingerprint density at radius 3 is 0.708 bits per heavy atom. The van der Waals surface area contributed by atoms with Crippen molar-refractivity contribution in [3.63, 3.8) is 0 Å². The molecule has 0 saturated heterocycles. The second kappa shape index (κ2) is 70.1. The molecule has 0 aliphatic heterocycles. The van der Waals surface area contributed by atoms with Crippen molar-refractivity contribution in [3.8, 4) is 0 Å². The van der Waals surface area contributed by atoms with Gasteiger partial charge in [0.25, 0.3) is 0 Å². The molecule has 0 aromatic heterocycles. The fourth-order valence-corrected chi connectivity index (χ4v) is 13.5. The van der Waals surface area contributed by atoms with Gasteiger partial charge in [-0.05, 0) is 31.6 Å². The highest BCUT2D eigenvalue weighted by molar-refractivity contribution is 7.47. The van der Waals surface area contributed by atoms with Crippen molar-refractivity contribution in [2.45, 2.75) is 425 Å². The number of carbonyl (C=O) groups is 4. The highest BCUT2D eigenvalue weighted by Gasteiger charge is 2.30. The van der Waals surface area contributed by atoms with Crippen LogP contribution in [0.3, 0.4) is 0 Å². The molecule has 0 bridgehead atoms. The Hall–Kier alpha value is -1.94. The van der Waals surface area contributed by atoms with Gasteiger partial charge in [0.1, 0.15) is 19.3 Å². The molecular weight excluding hydrogens is 1260 g/mol. The normalized spacial score (nSPS) is 13.9. The van der Waals surface area contributed by atoms with E-state index >= 15 is 0 Å². The van der Waals surface area contributed by atoms with Gasteiger partial charge in [0, 0.05) is 25.7 Å². The van der Waals surface area contributed by atoms with Crippen molar-refractivity contribution in [2.24, 2.45) is 5.92 Å². The zero-order chi connectivity index (χ0) is 70.5. The van der Waals surface area contributed by atoms with Crippen LogP contribution in [-0.4, -0.2) is 96.7 Å². The third-order valence-electron chi connectivity index (χ3n) is 18.0. The maximum Gasteiger partial charge on any atom is 0.472 e. The molecule has 570 valence electrons. The van der Waals surface area contributed by atoms with Gasteiger partial charge in [-0.2, -0.15) is 0 Å². The molecule has 0 fully saturated rings. The van der Waals surface area contributed by atoms with E-state index in [1.54, 1.807) is 0 Å². The van der Waals surface area contributed by atoms with E-state index < -0.39 is 97.5 Å². The second-order valence-electron chi connectivity index (χ2n) is 28.2. The number of rotatable bonds is 77. The molecule has 2 unspecified atom stereocenters. The Labute approximate surface area is 588 Å². The summed E-state index contributed by atoms with van der Waals surface area (Å²) >= 11 is 0. The van der Waals surface area contributed by atoms with Crippen molar-refractivity contribution in [3.05, 3.63) is 0 Å². The lowest BCUT2D eigenvalue weighted by Crippen LogP contribution is -2.30. The quantitative estimate of drug-likeness (QED) is 0.0222. The van der Waals surface area contributed by atoms with Crippen LogP contribution in [0.25, 0.3) is 0 Å². The number of phosphoric acid groups is 2. The van der Waals surface area contributed by atoms with E-state index in [0.717, 1.165) is 95.8 Å². The zero-order valence-electron chi connectivity index (χ0n) is 62.5. The van der Waals surface area contributed by atoms with Crippen LogP contribution in [-0.2, 0) is 65.4 Å². The van der Waals surface area contributed by atoms with E-state index in [1.165, 1.54) is 231 Å². The average Bonchev–Trinajstić information content (AvgIpc) is 1.22. The first-order valence-corrected chi connectivity index (χ1v) is 43.1. The predicted molar refractivity (Wildman–Crippen MR) is 391 cm³/mol. The third kappa shape index (κ3) is 70.5. The van der Waals surface area contributed by atoms with E-state index in [9.17, 15) is 43.2 Å². The van der Waals surface area contributed by atoms with Crippen LogP contribution in [0.15, 0.2) is 0 Å². The maximum atomic E-state index is 13.1. The molecule has 0 aromatic carbocycles. The molecule has 19 heteroatoms. The van der Waals surface area contributed by atoms with Gasteiger partial charge in [-0.15, -0.1) is 0 Å². The number of esters is 4. The molecule has 0 heterocycles. The lowest BCUT2D eigenvalue weighted by atomic mass is 10.0. The molecular formula is C77H150O17P2. The number of unbranched alkanes of at least 4 members (excludes halogenated alkanes) is 49. The minimum Gasteiger partial charge on any atom is -0.462 e. The van der Waals surface area contributed by atoms with Crippen LogP contribution in [0.1, 0.15) is 407 Å². The van der Waals surface area contributed by atoms with E-state index in [-0.39, 0.29) is 25.7 Å². The molecule has 0 aliphatic rings. The summed E-state index contributed by atoms with van der Waals surface area (Å²) in [5, 5.41) is 10.6. The molecule has 0 aliphatic carbocycles. The van der Waals surface area contributed by atoms with Crippen LogP contribution in [0.5, 0.6) is 0 Å². The second-order valence-corrected chi connectivity index (χ2v) is 31.1. The number of aliphatic hydroxyl groups is 1. The first-order valence-electron chi connectivity index (χ1n) is 40.1. The summed E-state index contributed by atoms with van der Waals surface area (Å²) in [4.78, 5) is 72.8. The Morgan fingerprint density at radius 2 is 0.479 bits per heavy atom. The molecule has 3 N–H and O–H groups in total. The minimum absolute atomic E-state index is 0.107. The minimum atomic E-state index is -4.96. The Morgan fingerprint density at radius 1 is 0.281 bits per heavy atom. The number of hydrogen-bond acceptors (Lipinski definition) is 15. The van der Waals surface area contributed by atoms with Gasteiger partial charge in [0.15, 0.2) is 12.2 Å². The summed E-state index contributed by atoms with van der Waals surface area (Å²) in [5.74, 6) is -1.32. The molecule has 17 nitrogen and oxygen atoms in total. The van der Waals surface area contributed by atoms with Gasteiger partial charge in [-0.1, -0.05) is 356 Å².